The highest BCUT2D eigenvalue weighted by molar-refractivity contribution is 7.85. The van der Waals surface area contributed by atoms with Crippen LogP contribution in [0.3, 0.4) is 0 Å². The molecule has 1 aromatic carbocycles. The summed E-state index contributed by atoms with van der Waals surface area (Å²) in [5.74, 6) is 0.601. The van der Waals surface area contributed by atoms with E-state index < -0.39 is 10.8 Å². The Morgan fingerprint density at radius 3 is 2.94 bits per heavy atom. The topological polar surface area (TPSA) is 52.3 Å². The number of rotatable bonds is 3. The van der Waals surface area contributed by atoms with E-state index in [0.29, 0.717) is 5.75 Å². The smallest absolute Gasteiger partial charge is 0.0693 e. The summed E-state index contributed by atoms with van der Waals surface area (Å²) in [7, 11) is -0.980. The quantitative estimate of drug-likeness (QED) is 0.841. The number of aryl methyl sites for hydroxylation is 1. The monoisotopic (exact) mass is 253 g/mol. The molecule has 1 aliphatic heterocycles. The van der Waals surface area contributed by atoms with Crippen LogP contribution in [0.5, 0.6) is 0 Å². The SMILES string of the molecule is Cc1cc(S(=O)CC2CCCCO2)ccc1N. The summed E-state index contributed by atoms with van der Waals surface area (Å²) in [6, 6.07) is 5.58. The number of nitrogens with two attached hydrogens (primary N) is 1. The third-order valence-electron chi connectivity index (χ3n) is 3.12. The molecule has 1 heterocycles. The molecule has 3 nitrogen and oxygen atoms in total. The summed E-state index contributed by atoms with van der Waals surface area (Å²) in [4.78, 5) is 0.853. The van der Waals surface area contributed by atoms with E-state index in [4.69, 9.17) is 10.5 Å². The van der Waals surface area contributed by atoms with Crippen LogP contribution in [0.15, 0.2) is 23.1 Å². The number of nitrogen functional groups attached to an aromatic ring is 1. The van der Waals surface area contributed by atoms with E-state index in [-0.39, 0.29) is 6.10 Å². The van der Waals surface area contributed by atoms with Crippen LogP contribution >= 0.6 is 0 Å². The van der Waals surface area contributed by atoms with E-state index in [9.17, 15) is 4.21 Å². The van der Waals surface area contributed by atoms with E-state index in [1.54, 1.807) is 0 Å². The molecule has 17 heavy (non-hydrogen) atoms. The minimum absolute atomic E-state index is 0.155. The lowest BCUT2D eigenvalue weighted by Gasteiger charge is -2.22. The van der Waals surface area contributed by atoms with Crippen molar-refractivity contribution in [3.8, 4) is 0 Å². The second-order valence-corrected chi connectivity index (χ2v) is 6.01. The van der Waals surface area contributed by atoms with Gasteiger partial charge in [-0.3, -0.25) is 4.21 Å². The van der Waals surface area contributed by atoms with E-state index in [1.165, 1.54) is 6.42 Å². The van der Waals surface area contributed by atoms with E-state index in [2.05, 4.69) is 0 Å². The standard InChI is InChI=1S/C13H19NO2S/c1-10-8-12(5-6-13(10)14)17(15)9-11-4-2-3-7-16-11/h5-6,8,11H,2-4,7,9,14H2,1H3. The fourth-order valence-electron chi connectivity index (χ4n) is 1.99. The molecular formula is C13H19NO2S. The van der Waals surface area contributed by atoms with Crippen molar-refractivity contribution < 1.29 is 8.95 Å². The van der Waals surface area contributed by atoms with Crippen LogP contribution in [0.25, 0.3) is 0 Å². The zero-order valence-electron chi connectivity index (χ0n) is 10.1. The maximum Gasteiger partial charge on any atom is 0.0693 e. The van der Waals surface area contributed by atoms with E-state index in [0.717, 1.165) is 35.6 Å². The van der Waals surface area contributed by atoms with Crippen molar-refractivity contribution in [2.24, 2.45) is 0 Å². The minimum atomic E-state index is -0.980. The van der Waals surface area contributed by atoms with Gasteiger partial charge in [0, 0.05) is 17.2 Å². The minimum Gasteiger partial charge on any atom is -0.399 e. The summed E-state index contributed by atoms with van der Waals surface area (Å²) >= 11 is 0. The summed E-state index contributed by atoms with van der Waals surface area (Å²) in [6.45, 7) is 2.75. The van der Waals surface area contributed by atoms with Gasteiger partial charge in [0.05, 0.1) is 22.7 Å². The van der Waals surface area contributed by atoms with Crippen molar-refractivity contribution in [1.29, 1.82) is 0 Å². The molecule has 2 N–H and O–H groups in total. The van der Waals surface area contributed by atoms with Gasteiger partial charge in [-0.1, -0.05) is 0 Å². The number of hydrogen-bond donors (Lipinski definition) is 1. The number of benzene rings is 1. The lowest BCUT2D eigenvalue weighted by atomic mass is 10.1. The Morgan fingerprint density at radius 2 is 2.29 bits per heavy atom. The van der Waals surface area contributed by atoms with Crippen LogP contribution in [0, 0.1) is 6.92 Å². The first-order valence-electron chi connectivity index (χ1n) is 6.03. The third kappa shape index (κ3) is 3.30. The normalized spacial score (nSPS) is 22.3. The molecule has 0 bridgehead atoms. The van der Waals surface area contributed by atoms with Crippen molar-refractivity contribution in [2.45, 2.75) is 37.2 Å². The second kappa shape index (κ2) is 5.65. The molecular weight excluding hydrogens is 234 g/mol. The highest BCUT2D eigenvalue weighted by Gasteiger charge is 2.17. The van der Waals surface area contributed by atoms with Gasteiger partial charge >= 0.3 is 0 Å². The van der Waals surface area contributed by atoms with Crippen LogP contribution in [0.4, 0.5) is 5.69 Å². The highest BCUT2D eigenvalue weighted by Crippen LogP contribution is 2.19. The molecule has 4 heteroatoms. The Balaban J connectivity index is 2.01. The molecule has 0 amide bonds. The Bertz CT molecular complexity index is 414. The third-order valence-corrected chi connectivity index (χ3v) is 4.57. The van der Waals surface area contributed by atoms with Crippen molar-refractivity contribution in [1.82, 2.24) is 0 Å². The van der Waals surface area contributed by atoms with Crippen molar-refractivity contribution in [2.75, 3.05) is 18.1 Å². The Hall–Kier alpha value is -0.870. The zero-order valence-corrected chi connectivity index (χ0v) is 11.0. The molecule has 0 spiro atoms. The van der Waals surface area contributed by atoms with Gasteiger partial charge < -0.3 is 10.5 Å². The lowest BCUT2D eigenvalue weighted by Crippen LogP contribution is -2.25. The molecule has 0 aliphatic carbocycles. The first kappa shape index (κ1) is 12.6. The summed E-state index contributed by atoms with van der Waals surface area (Å²) < 4.78 is 17.8. The summed E-state index contributed by atoms with van der Waals surface area (Å²) in [6.07, 6.45) is 3.49. The molecule has 1 fully saturated rings. The van der Waals surface area contributed by atoms with Gasteiger partial charge in [-0.25, -0.2) is 0 Å². The Kier molecular flexibility index (Phi) is 4.18. The Labute approximate surface area is 105 Å². The molecule has 0 radical (unpaired) electrons. The van der Waals surface area contributed by atoms with Gasteiger partial charge in [0.1, 0.15) is 0 Å². The fraction of sp³-hybridized carbons (Fsp3) is 0.538. The average Bonchev–Trinajstić information content (AvgIpc) is 2.34. The van der Waals surface area contributed by atoms with Crippen molar-refractivity contribution >= 4 is 16.5 Å². The lowest BCUT2D eigenvalue weighted by molar-refractivity contribution is 0.0310. The molecule has 2 rings (SSSR count). The van der Waals surface area contributed by atoms with Gasteiger partial charge in [0.15, 0.2) is 0 Å². The molecule has 1 saturated heterocycles. The van der Waals surface area contributed by atoms with Crippen LogP contribution in [0.2, 0.25) is 0 Å². The largest absolute Gasteiger partial charge is 0.399 e. The Morgan fingerprint density at radius 1 is 1.47 bits per heavy atom. The molecule has 2 unspecified atom stereocenters. The molecule has 94 valence electrons. The van der Waals surface area contributed by atoms with Crippen molar-refractivity contribution in [3.63, 3.8) is 0 Å². The van der Waals surface area contributed by atoms with E-state index in [1.807, 2.05) is 25.1 Å². The van der Waals surface area contributed by atoms with Gasteiger partial charge in [-0.15, -0.1) is 0 Å². The van der Waals surface area contributed by atoms with Crippen LogP contribution in [0.1, 0.15) is 24.8 Å². The van der Waals surface area contributed by atoms with Crippen LogP contribution in [-0.4, -0.2) is 22.7 Å². The summed E-state index contributed by atoms with van der Waals surface area (Å²) in [5, 5.41) is 0. The molecule has 2 atom stereocenters. The van der Waals surface area contributed by atoms with Gasteiger partial charge in [-0.05, 0) is 49.9 Å². The van der Waals surface area contributed by atoms with Gasteiger partial charge in [0.2, 0.25) is 0 Å². The molecule has 1 aliphatic rings. The number of anilines is 1. The predicted octanol–water partition coefficient (Wildman–Crippen LogP) is 2.25. The van der Waals surface area contributed by atoms with Gasteiger partial charge in [-0.2, -0.15) is 0 Å². The molecule has 0 saturated carbocycles. The summed E-state index contributed by atoms with van der Waals surface area (Å²) in [5.41, 5.74) is 7.49. The average molecular weight is 253 g/mol. The maximum atomic E-state index is 12.2. The van der Waals surface area contributed by atoms with Crippen LogP contribution < -0.4 is 5.73 Å². The first-order valence-corrected chi connectivity index (χ1v) is 7.35. The highest BCUT2D eigenvalue weighted by atomic mass is 32.2. The zero-order chi connectivity index (χ0) is 12.3. The van der Waals surface area contributed by atoms with Crippen LogP contribution in [-0.2, 0) is 15.5 Å². The van der Waals surface area contributed by atoms with Crippen molar-refractivity contribution in [3.05, 3.63) is 23.8 Å². The number of ether oxygens (including phenoxy) is 1. The van der Waals surface area contributed by atoms with Gasteiger partial charge in [0.25, 0.3) is 0 Å². The fourth-order valence-corrected chi connectivity index (χ4v) is 3.31. The first-order chi connectivity index (χ1) is 8.16. The second-order valence-electron chi connectivity index (χ2n) is 4.52. The molecule has 1 aromatic rings. The number of hydrogen-bond acceptors (Lipinski definition) is 3. The van der Waals surface area contributed by atoms with E-state index >= 15 is 0 Å². The maximum absolute atomic E-state index is 12.2. The molecule has 0 aromatic heterocycles. The predicted molar refractivity (Wildman–Crippen MR) is 70.5 cm³/mol.